The van der Waals surface area contributed by atoms with Gasteiger partial charge < -0.3 is 4.57 Å². The minimum atomic E-state index is -0.295. The summed E-state index contributed by atoms with van der Waals surface area (Å²) in [6, 6.07) is 13.1. The van der Waals surface area contributed by atoms with E-state index >= 15 is 0 Å². The van der Waals surface area contributed by atoms with Crippen molar-refractivity contribution in [2.75, 3.05) is 5.88 Å². The molecular weight excluding hydrogens is 355 g/mol. The number of para-hydroxylation sites is 1. The zero-order chi connectivity index (χ0) is 14.8. The summed E-state index contributed by atoms with van der Waals surface area (Å²) in [5, 5.41) is 0. The lowest BCUT2D eigenvalue weighted by Gasteiger charge is -2.09. The van der Waals surface area contributed by atoms with Crippen molar-refractivity contribution < 1.29 is 4.39 Å². The maximum absolute atomic E-state index is 13.9. The number of hydrogen-bond acceptors (Lipinski definition) is 1. The van der Waals surface area contributed by atoms with Gasteiger partial charge in [-0.25, -0.2) is 9.37 Å². The van der Waals surface area contributed by atoms with Crippen LogP contribution in [-0.4, -0.2) is 15.4 Å². The van der Waals surface area contributed by atoms with E-state index in [2.05, 4.69) is 27.0 Å². The number of halogens is 3. The van der Waals surface area contributed by atoms with Crippen molar-refractivity contribution >= 4 is 38.6 Å². The van der Waals surface area contributed by atoms with Gasteiger partial charge in [0.2, 0.25) is 0 Å². The highest BCUT2D eigenvalue weighted by Crippen LogP contribution is 2.22. The number of hydrogen-bond donors (Lipinski definition) is 0. The predicted octanol–water partition coefficient (Wildman–Crippen LogP) is 4.77. The molecule has 0 bridgehead atoms. The molecule has 0 saturated carbocycles. The first-order chi connectivity index (χ1) is 10.2. The van der Waals surface area contributed by atoms with Crippen molar-refractivity contribution in [1.82, 2.24) is 9.55 Å². The number of nitrogens with zero attached hydrogens (tertiary/aromatic N) is 2. The van der Waals surface area contributed by atoms with E-state index in [-0.39, 0.29) is 5.82 Å². The fourth-order valence-corrected chi connectivity index (χ4v) is 3.05. The van der Waals surface area contributed by atoms with Gasteiger partial charge in [-0.15, -0.1) is 11.6 Å². The second kappa shape index (κ2) is 6.16. The molecule has 0 N–H and O–H groups in total. The fourth-order valence-electron chi connectivity index (χ4n) is 2.43. The lowest BCUT2D eigenvalue weighted by molar-refractivity contribution is 0.637. The third kappa shape index (κ3) is 2.97. The molecule has 3 rings (SSSR count). The third-order valence-electron chi connectivity index (χ3n) is 3.36. The van der Waals surface area contributed by atoms with Gasteiger partial charge >= 0.3 is 0 Å². The van der Waals surface area contributed by atoms with Gasteiger partial charge in [0.15, 0.2) is 5.82 Å². The van der Waals surface area contributed by atoms with E-state index in [0.29, 0.717) is 24.4 Å². The van der Waals surface area contributed by atoms with Crippen molar-refractivity contribution in [3.63, 3.8) is 0 Å². The zero-order valence-electron chi connectivity index (χ0n) is 11.2. The Kier molecular flexibility index (Phi) is 4.27. The van der Waals surface area contributed by atoms with Crippen LogP contribution in [0.3, 0.4) is 0 Å². The van der Waals surface area contributed by atoms with Gasteiger partial charge in [-0.05, 0) is 29.8 Å². The number of imidazole rings is 1. The Morgan fingerprint density at radius 1 is 1.19 bits per heavy atom. The van der Waals surface area contributed by atoms with Gasteiger partial charge in [0.05, 0.1) is 5.52 Å². The molecule has 0 aliphatic heterocycles. The van der Waals surface area contributed by atoms with E-state index in [1.807, 2.05) is 28.8 Å². The molecule has 3 aromatic rings. The molecule has 0 spiro atoms. The van der Waals surface area contributed by atoms with Crippen LogP contribution in [0.4, 0.5) is 4.39 Å². The summed E-state index contributed by atoms with van der Waals surface area (Å²) in [5.41, 5.74) is 2.34. The highest BCUT2D eigenvalue weighted by molar-refractivity contribution is 9.10. The Labute approximate surface area is 135 Å². The van der Waals surface area contributed by atoms with Gasteiger partial charge in [-0.2, -0.15) is 0 Å². The van der Waals surface area contributed by atoms with E-state index in [0.717, 1.165) is 21.4 Å². The monoisotopic (exact) mass is 366 g/mol. The minimum absolute atomic E-state index is 0.295. The van der Waals surface area contributed by atoms with E-state index in [1.54, 1.807) is 6.07 Å². The Bertz CT molecular complexity index is 785. The first kappa shape index (κ1) is 14.5. The molecule has 0 amide bonds. The molecule has 0 aliphatic rings. The molecule has 21 heavy (non-hydrogen) atoms. The smallest absolute Gasteiger partial charge is 0.151 e. The van der Waals surface area contributed by atoms with Gasteiger partial charge in [-0.3, -0.25) is 0 Å². The van der Waals surface area contributed by atoms with Gasteiger partial charge in [0.1, 0.15) is 11.3 Å². The van der Waals surface area contributed by atoms with Crippen LogP contribution >= 0.6 is 27.5 Å². The van der Waals surface area contributed by atoms with Gasteiger partial charge in [0.25, 0.3) is 0 Å². The predicted molar refractivity (Wildman–Crippen MR) is 87.4 cm³/mol. The second-order valence-electron chi connectivity index (χ2n) is 4.79. The van der Waals surface area contributed by atoms with E-state index in [9.17, 15) is 4.39 Å². The van der Waals surface area contributed by atoms with Crippen LogP contribution < -0.4 is 0 Å². The summed E-state index contributed by atoms with van der Waals surface area (Å²) in [6.45, 7) is 0.644. The molecule has 1 aromatic heterocycles. The zero-order valence-corrected chi connectivity index (χ0v) is 13.5. The third-order valence-corrected chi connectivity index (χ3v) is 4.04. The molecule has 1 heterocycles. The molecule has 0 radical (unpaired) electrons. The van der Waals surface area contributed by atoms with Gasteiger partial charge in [0, 0.05) is 23.3 Å². The van der Waals surface area contributed by atoms with Gasteiger partial charge in [-0.1, -0.05) is 34.1 Å². The van der Waals surface area contributed by atoms with Crippen LogP contribution in [0.15, 0.2) is 46.9 Å². The molecule has 0 fully saturated rings. The highest BCUT2D eigenvalue weighted by Gasteiger charge is 2.13. The van der Waals surface area contributed by atoms with Crippen LogP contribution in [0.5, 0.6) is 0 Å². The molecular formula is C16H13BrClFN2. The number of rotatable bonds is 4. The van der Waals surface area contributed by atoms with Crippen LogP contribution in [0.25, 0.3) is 11.0 Å². The van der Waals surface area contributed by atoms with E-state index in [4.69, 9.17) is 11.6 Å². The molecule has 108 valence electrons. The standard InChI is InChI=1S/C16H13BrClFN2/c17-12-4-1-3-11(9-12)10-21-14-6-2-5-13(19)16(14)20-15(21)7-8-18/h1-6,9H,7-8,10H2. The normalized spacial score (nSPS) is 11.2. The molecule has 2 nitrogen and oxygen atoms in total. The number of alkyl halides is 1. The van der Waals surface area contributed by atoms with E-state index < -0.39 is 0 Å². The summed E-state index contributed by atoms with van der Waals surface area (Å²) in [5.74, 6) is 0.977. The van der Waals surface area contributed by atoms with Crippen molar-refractivity contribution in [2.45, 2.75) is 13.0 Å². The molecule has 0 unspecified atom stereocenters. The Morgan fingerprint density at radius 2 is 2.00 bits per heavy atom. The topological polar surface area (TPSA) is 17.8 Å². The Balaban J connectivity index is 2.11. The summed E-state index contributed by atoms with van der Waals surface area (Å²) < 4.78 is 17.0. The first-order valence-corrected chi connectivity index (χ1v) is 7.96. The van der Waals surface area contributed by atoms with Crippen molar-refractivity contribution in [3.05, 3.63) is 64.1 Å². The number of aryl methyl sites for hydroxylation is 1. The summed E-state index contributed by atoms with van der Waals surface area (Å²) >= 11 is 9.32. The molecule has 2 aromatic carbocycles. The van der Waals surface area contributed by atoms with Crippen LogP contribution in [0.2, 0.25) is 0 Å². The molecule has 5 heteroatoms. The largest absolute Gasteiger partial charge is 0.323 e. The maximum atomic E-state index is 13.9. The molecule has 0 aliphatic carbocycles. The quantitative estimate of drug-likeness (QED) is 0.608. The molecule has 0 saturated heterocycles. The second-order valence-corrected chi connectivity index (χ2v) is 6.08. The van der Waals surface area contributed by atoms with Crippen LogP contribution in [0, 0.1) is 5.82 Å². The van der Waals surface area contributed by atoms with Crippen LogP contribution in [0.1, 0.15) is 11.4 Å². The SMILES string of the molecule is Fc1cccc2c1nc(CCCl)n2Cc1cccc(Br)c1. The first-order valence-electron chi connectivity index (χ1n) is 6.63. The average molecular weight is 368 g/mol. The van der Waals surface area contributed by atoms with Crippen molar-refractivity contribution in [1.29, 1.82) is 0 Å². The number of aromatic nitrogens is 2. The highest BCUT2D eigenvalue weighted by atomic mass is 79.9. The average Bonchev–Trinajstić information content (AvgIpc) is 2.79. The summed E-state index contributed by atoms with van der Waals surface area (Å²) in [4.78, 5) is 4.41. The van der Waals surface area contributed by atoms with Crippen LogP contribution in [-0.2, 0) is 13.0 Å². The summed E-state index contributed by atoms with van der Waals surface area (Å²) in [6.07, 6.45) is 0.615. The summed E-state index contributed by atoms with van der Waals surface area (Å²) in [7, 11) is 0. The van der Waals surface area contributed by atoms with E-state index in [1.165, 1.54) is 6.07 Å². The lowest BCUT2D eigenvalue weighted by atomic mass is 10.2. The maximum Gasteiger partial charge on any atom is 0.151 e. The number of benzene rings is 2. The van der Waals surface area contributed by atoms with Crippen molar-refractivity contribution in [3.8, 4) is 0 Å². The Morgan fingerprint density at radius 3 is 2.76 bits per heavy atom. The number of fused-ring (bicyclic) bond motifs is 1. The minimum Gasteiger partial charge on any atom is -0.323 e. The fraction of sp³-hybridized carbons (Fsp3) is 0.188. The lowest BCUT2D eigenvalue weighted by Crippen LogP contribution is -2.06. The van der Waals surface area contributed by atoms with Crippen molar-refractivity contribution in [2.24, 2.45) is 0 Å². The Hall–Kier alpha value is -1.39. The molecule has 0 atom stereocenters.